The quantitative estimate of drug-likeness (QED) is 0.583. The molecule has 1 aromatic carbocycles. The van der Waals surface area contributed by atoms with Crippen LogP contribution in [0.25, 0.3) is 0 Å². The zero-order chi connectivity index (χ0) is 11.3. The monoisotopic (exact) mass is 226 g/mol. The van der Waals surface area contributed by atoms with Crippen molar-refractivity contribution in [3.8, 4) is 5.75 Å². The Labute approximate surface area is 93.8 Å². The molecular weight excluding hydrogens is 212 g/mol. The van der Waals surface area contributed by atoms with E-state index in [-0.39, 0.29) is 5.97 Å². The fourth-order valence-corrected chi connectivity index (χ4v) is 1.43. The second-order valence-corrected chi connectivity index (χ2v) is 3.84. The summed E-state index contributed by atoms with van der Waals surface area (Å²) in [7, 11) is 1.61. The maximum Gasteiger partial charge on any atom is 0.338 e. The Morgan fingerprint density at radius 3 is 2.73 bits per heavy atom. The van der Waals surface area contributed by atoms with Crippen molar-refractivity contribution in [2.45, 2.75) is 6.92 Å². The highest BCUT2D eigenvalue weighted by Crippen LogP contribution is 2.19. The van der Waals surface area contributed by atoms with Crippen LogP contribution in [-0.2, 0) is 4.74 Å². The van der Waals surface area contributed by atoms with Crippen LogP contribution in [-0.4, -0.2) is 25.3 Å². The average Bonchev–Trinajstić information content (AvgIpc) is 2.25. The molecule has 0 amide bonds. The molecule has 0 atom stereocenters. The molecule has 1 aromatic rings. The van der Waals surface area contributed by atoms with Crippen molar-refractivity contribution in [1.82, 2.24) is 0 Å². The average molecular weight is 226 g/mol. The van der Waals surface area contributed by atoms with Crippen molar-refractivity contribution in [1.29, 1.82) is 0 Å². The molecule has 0 bridgehead atoms. The molecule has 0 fully saturated rings. The van der Waals surface area contributed by atoms with E-state index in [0.29, 0.717) is 11.5 Å². The Morgan fingerprint density at radius 1 is 1.47 bits per heavy atom. The molecule has 0 radical (unpaired) electrons. The minimum Gasteiger partial charge on any atom is -0.496 e. The lowest BCUT2D eigenvalue weighted by atomic mass is 10.1. The number of aryl methyl sites for hydroxylation is 1. The van der Waals surface area contributed by atoms with Gasteiger partial charge in [-0.15, -0.1) is 11.8 Å². The van der Waals surface area contributed by atoms with Crippen LogP contribution < -0.4 is 4.74 Å². The van der Waals surface area contributed by atoms with Crippen molar-refractivity contribution in [3.63, 3.8) is 0 Å². The van der Waals surface area contributed by atoms with Crippen LogP contribution in [0.1, 0.15) is 15.9 Å². The number of carbonyl (C=O) groups is 1. The number of thioether (sulfide) groups is 1. The number of hydrogen-bond acceptors (Lipinski definition) is 4. The van der Waals surface area contributed by atoms with E-state index in [2.05, 4.69) is 0 Å². The fraction of sp³-hybridized carbons (Fsp3) is 0.364. The third-order valence-corrected chi connectivity index (χ3v) is 2.29. The maximum atomic E-state index is 11.5. The van der Waals surface area contributed by atoms with Crippen molar-refractivity contribution in [2.24, 2.45) is 0 Å². The minimum absolute atomic E-state index is 0.296. The van der Waals surface area contributed by atoms with E-state index in [4.69, 9.17) is 9.47 Å². The third kappa shape index (κ3) is 3.16. The summed E-state index contributed by atoms with van der Waals surface area (Å²) in [5.41, 5.74) is 1.48. The van der Waals surface area contributed by atoms with E-state index < -0.39 is 0 Å². The molecular formula is C11H14O3S. The second kappa shape index (κ2) is 5.66. The van der Waals surface area contributed by atoms with Crippen LogP contribution in [0.15, 0.2) is 18.2 Å². The van der Waals surface area contributed by atoms with Gasteiger partial charge in [-0.2, -0.15) is 0 Å². The van der Waals surface area contributed by atoms with E-state index >= 15 is 0 Å². The van der Waals surface area contributed by atoms with Gasteiger partial charge in [0, 0.05) is 0 Å². The Morgan fingerprint density at radius 2 is 2.20 bits per heavy atom. The molecule has 4 heteroatoms. The van der Waals surface area contributed by atoms with Gasteiger partial charge in [-0.25, -0.2) is 4.79 Å². The van der Waals surface area contributed by atoms with Gasteiger partial charge in [-0.1, -0.05) is 0 Å². The first kappa shape index (κ1) is 11.9. The summed E-state index contributed by atoms with van der Waals surface area (Å²) in [5.74, 6) is 0.857. The number of carbonyl (C=O) groups excluding carboxylic acids is 1. The van der Waals surface area contributed by atoms with Crippen molar-refractivity contribution in [3.05, 3.63) is 29.3 Å². The topological polar surface area (TPSA) is 35.5 Å². The van der Waals surface area contributed by atoms with Gasteiger partial charge in [0.1, 0.15) is 11.7 Å². The van der Waals surface area contributed by atoms with Gasteiger partial charge >= 0.3 is 5.97 Å². The van der Waals surface area contributed by atoms with Crippen molar-refractivity contribution < 1.29 is 14.3 Å². The molecule has 15 heavy (non-hydrogen) atoms. The molecule has 0 N–H and O–H groups in total. The van der Waals surface area contributed by atoms with Crippen molar-refractivity contribution in [2.75, 3.05) is 19.3 Å². The Bertz CT molecular complexity index is 350. The largest absolute Gasteiger partial charge is 0.496 e. The molecule has 0 aliphatic carbocycles. The van der Waals surface area contributed by atoms with Gasteiger partial charge < -0.3 is 9.47 Å². The lowest BCUT2D eigenvalue weighted by Crippen LogP contribution is -2.05. The molecule has 3 nitrogen and oxygen atoms in total. The lowest BCUT2D eigenvalue weighted by molar-refractivity contribution is 0.0579. The highest BCUT2D eigenvalue weighted by atomic mass is 32.2. The molecule has 0 spiro atoms. The highest BCUT2D eigenvalue weighted by Gasteiger charge is 2.08. The zero-order valence-corrected chi connectivity index (χ0v) is 9.89. The van der Waals surface area contributed by atoms with Crippen LogP contribution in [0.4, 0.5) is 0 Å². The number of methoxy groups -OCH3 is 1. The summed E-state index contributed by atoms with van der Waals surface area (Å²) in [4.78, 5) is 11.5. The maximum absolute atomic E-state index is 11.5. The number of rotatable bonds is 4. The molecule has 0 aliphatic heterocycles. The molecule has 0 aromatic heterocycles. The third-order valence-electron chi connectivity index (χ3n) is 1.94. The van der Waals surface area contributed by atoms with Gasteiger partial charge in [-0.05, 0) is 36.9 Å². The van der Waals surface area contributed by atoms with Crippen LogP contribution in [0.2, 0.25) is 0 Å². The molecule has 0 unspecified atom stereocenters. The number of esters is 1. The molecule has 0 aliphatic rings. The zero-order valence-electron chi connectivity index (χ0n) is 9.07. The van der Waals surface area contributed by atoms with Crippen LogP contribution in [0.5, 0.6) is 5.75 Å². The summed E-state index contributed by atoms with van der Waals surface area (Å²) < 4.78 is 10.1. The Hall–Kier alpha value is -1.16. The summed E-state index contributed by atoms with van der Waals surface area (Å²) in [6, 6.07) is 5.24. The molecule has 0 saturated heterocycles. The Balaban J connectivity index is 2.78. The highest BCUT2D eigenvalue weighted by molar-refractivity contribution is 7.98. The standard InChI is InChI=1S/C11H14O3S/c1-8-6-9(4-5-10(8)13-2)11(12)14-7-15-3/h4-6H,7H2,1-3H3. The predicted molar refractivity (Wildman–Crippen MR) is 61.5 cm³/mol. The van der Waals surface area contributed by atoms with Crippen LogP contribution in [0, 0.1) is 6.92 Å². The SMILES string of the molecule is COc1ccc(C(=O)OCSC)cc1C. The van der Waals surface area contributed by atoms with E-state index in [1.807, 2.05) is 13.2 Å². The summed E-state index contributed by atoms with van der Waals surface area (Å²) in [6.45, 7) is 1.89. The Kier molecular flexibility index (Phi) is 4.49. The molecule has 0 saturated carbocycles. The first-order valence-electron chi connectivity index (χ1n) is 4.49. The molecule has 1 rings (SSSR count). The van der Waals surface area contributed by atoms with Gasteiger partial charge in [-0.3, -0.25) is 0 Å². The van der Waals surface area contributed by atoms with Crippen LogP contribution >= 0.6 is 11.8 Å². The van der Waals surface area contributed by atoms with Gasteiger partial charge in [0.2, 0.25) is 0 Å². The van der Waals surface area contributed by atoms with Gasteiger partial charge in [0.25, 0.3) is 0 Å². The summed E-state index contributed by atoms with van der Waals surface area (Å²) in [5, 5.41) is 0. The van der Waals surface area contributed by atoms with E-state index in [1.54, 1.807) is 25.3 Å². The molecule has 0 heterocycles. The smallest absolute Gasteiger partial charge is 0.338 e. The second-order valence-electron chi connectivity index (χ2n) is 3.02. The van der Waals surface area contributed by atoms with E-state index in [1.165, 1.54) is 11.8 Å². The first-order chi connectivity index (χ1) is 7.19. The summed E-state index contributed by atoms with van der Waals surface area (Å²) in [6.07, 6.45) is 1.88. The minimum atomic E-state index is -0.296. The number of hydrogen-bond donors (Lipinski definition) is 0. The summed E-state index contributed by atoms with van der Waals surface area (Å²) >= 11 is 1.47. The first-order valence-corrected chi connectivity index (χ1v) is 5.89. The normalized spacial score (nSPS) is 9.80. The van der Waals surface area contributed by atoms with E-state index in [9.17, 15) is 4.79 Å². The van der Waals surface area contributed by atoms with E-state index in [0.717, 1.165) is 11.3 Å². The lowest BCUT2D eigenvalue weighted by Gasteiger charge is -2.07. The number of ether oxygens (including phenoxy) is 2. The van der Waals surface area contributed by atoms with Crippen LogP contribution in [0.3, 0.4) is 0 Å². The molecule has 82 valence electrons. The fourth-order valence-electron chi connectivity index (χ4n) is 1.20. The van der Waals surface area contributed by atoms with Gasteiger partial charge in [0.15, 0.2) is 0 Å². The predicted octanol–water partition coefficient (Wildman–Crippen LogP) is 2.48. The number of benzene rings is 1. The van der Waals surface area contributed by atoms with Crippen molar-refractivity contribution >= 4 is 17.7 Å². The van der Waals surface area contributed by atoms with Gasteiger partial charge in [0.05, 0.1) is 12.7 Å².